The fraction of sp³-hybridized carbons (Fsp3) is 0.318. The van der Waals surface area contributed by atoms with Crippen molar-refractivity contribution < 1.29 is 9.53 Å². The zero-order chi connectivity index (χ0) is 21.7. The van der Waals surface area contributed by atoms with E-state index in [1.807, 2.05) is 68.7 Å². The van der Waals surface area contributed by atoms with Crippen molar-refractivity contribution in [3.63, 3.8) is 0 Å². The fourth-order valence-electron chi connectivity index (χ4n) is 3.05. The Balaban J connectivity index is 1.60. The number of carbonyl (C=O) groups excluding carboxylic acids is 1. The third kappa shape index (κ3) is 5.64. The molecular formula is C22H25BrN4O2S. The summed E-state index contributed by atoms with van der Waals surface area (Å²) in [5.74, 6) is 1.71. The van der Waals surface area contributed by atoms with Gasteiger partial charge in [0.05, 0.1) is 5.75 Å². The molecule has 0 bridgehead atoms. The zero-order valence-corrected chi connectivity index (χ0v) is 19.9. The molecule has 8 heteroatoms. The standard InChI is InChI=1S/C22H25BrN4O2S/c1-5-27-19(12-29-18-8-6-14(2)7-9-18)25-26-22(27)30-13-20(28)24-21-15(3)10-17(23)11-16(21)4/h6-11H,5,12-13H2,1-4H3,(H,24,28). The molecule has 1 aromatic heterocycles. The van der Waals surface area contributed by atoms with Crippen LogP contribution in [0.25, 0.3) is 0 Å². The number of rotatable bonds is 8. The molecule has 0 aliphatic heterocycles. The number of aromatic nitrogens is 3. The van der Waals surface area contributed by atoms with E-state index in [0.29, 0.717) is 18.3 Å². The molecule has 3 aromatic rings. The number of nitrogens with one attached hydrogen (secondary N) is 1. The maximum atomic E-state index is 12.5. The molecule has 0 spiro atoms. The Morgan fingerprint density at radius 2 is 1.80 bits per heavy atom. The van der Waals surface area contributed by atoms with Gasteiger partial charge in [0.1, 0.15) is 12.4 Å². The van der Waals surface area contributed by atoms with Gasteiger partial charge in [-0.1, -0.05) is 45.4 Å². The van der Waals surface area contributed by atoms with E-state index in [0.717, 1.165) is 32.9 Å². The number of nitrogens with zero attached hydrogens (tertiary/aromatic N) is 3. The van der Waals surface area contributed by atoms with Crippen LogP contribution < -0.4 is 10.1 Å². The largest absolute Gasteiger partial charge is 0.486 e. The van der Waals surface area contributed by atoms with Gasteiger partial charge in [0.15, 0.2) is 11.0 Å². The van der Waals surface area contributed by atoms with Crippen LogP contribution in [0.5, 0.6) is 5.75 Å². The molecule has 0 aliphatic carbocycles. The summed E-state index contributed by atoms with van der Waals surface area (Å²) in [6.07, 6.45) is 0. The van der Waals surface area contributed by atoms with E-state index >= 15 is 0 Å². The monoisotopic (exact) mass is 488 g/mol. The zero-order valence-electron chi connectivity index (χ0n) is 17.5. The molecule has 0 saturated heterocycles. The molecule has 1 N–H and O–H groups in total. The van der Waals surface area contributed by atoms with Crippen LogP contribution in [0.15, 0.2) is 46.0 Å². The number of aryl methyl sites for hydroxylation is 3. The topological polar surface area (TPSA) is 69.0 Å². The molecule has 3 rings (SSSR count). The van der Waals surface area contributed by atoms with Crippen LogP contribution in [0.1, 0.15) is 29.4 Å². The first kappa shape index (κ1) is 22.4. The molecule has 0 saturated carbocycles. The van der Waals surface area contributed by atoms with Crippen LogP contribution in [0.2, 0.25) is 0 Å². The van der Waals surface area contributed by atoms with E-state index in [1.165, 1.54) is 17.3 Å². The Morgan fingerprint density at radius 1 is 1.13 bits per heavy atom. The maximum Gasteiger partial charge on any atom is 0.234 e. The number of thioether (sulfide) groups is 1. The minimum Gasteiger partial charge on any atom is -0.486 e. The molecular weight excluding hydrogens is 464 g/mol. The smallest absolute Gasteiger partial charge is 0.234 e. The predicted octanol–water partition coefficient (Wildman–Crippen LogP) is 5.30. The molecule has 0 atom stereocenters. The predicted molar refractivity (Wildman–Crippen MR) is 124 cm³/mol. The van der Waals surface area contributed by atoms with Crippen molar-refractivity contribution in [1.82, 2.24) is 14.8 Å². The van der Waals surface area contributed by atoms with Gasteiger partial charge in [-0.15, -0.1) is 10.2 Å². The number of hydrogen-bond acceptors (Lipinski definition) is 5. The normalized spacial score (nSPS) is 10.8. The molecule has 1 amide bonds. The molecule has 2 aromatic carbocycles. The summed E-state index contributed by atoms with van der Waals surface area (Å²) in [7, 11) is 0. The Hall–Kier alpha value is -2.32. The van der Waals surface area contributed by atoms with Crippen molar-refractivity contribution in [1.29, 1.82) is 0 Å². The summed E-state index contributed by atoms with van der Waals surface area (Å²) < 4.78 is 8.80. The van der Waals surface area contributed by atoms with E-state index < -0.39 is 0 Å². The summed E-state index contributed by atoms with van der Waals surface area (Å²) in [5.41, 5.74) is 4.08. The van der Waals surface area contributed by atoms with Gasteiger partial charge >= 0.3 is 0 Å². The fourth-order valence-corrected chi connectivity index (χ4v) is 4.55. The average Bonchev–Trinajstić information content (AvgIpc) is 3.10. The maximum absolute atomic E-state index is 12.5. The van der Waals surface area contributed by atoms with Gasteiger partial charge < -0.3 is 14.6 Å². The number of anilines is 1. The number of carbonyl (C=O) groups is 1. The van der Waals surface area contributed by atoms with Crippen LogP contribution in [0.4, 0.5) is 5.69 Å². The minimum atomic E-state index is -0.0726. The van der Waals surface area contributed by atoms with Crippen molar-refractivity contribution in [3.8, 4) is 5.75 Å². The molecule has 30 heavy (non-hydrogen) atoms. The van der Waals surface area contributed by atoms with Gasteiger partial charge in [-0.3, -0.25) is 4.79 Å². The lowest BCUT2D eigenvalue weighted by Crippen LogP contribution is -2.16. The number of ether oxygens (including phenoxy) is 1. The van der Waals surface area contributed by atoms with E-state index in [-0.39, 0.29) is 11.7 Å². The second kappa shape index (κ2) is 10.1. The number of benzene rings is 2. The van der Waals surface area contributed by atoms with Crippen molar-refractivity contribution in [3.05, 3.63) is 63.4 Å². The number of amides is 1. The number of halogens is 1. The van der Waals surface area contributed by atoms with Crippen LogP contribution >= 0.6 is 27.7 Å². The second-order valence-corrected chi connectivity index (χ2v) is 8.85. The first-order valence-corrected chi connectivity index (χ1v) is 11.5. The van der Waals surface area contributed by atoms with Crippen LogP contribution in [0.3, 0.4) is 0 Å². The van der Waals surface area contributed by atoms with E-state index in [1.54, 1.807) is 0 Å². The van der Waals surface area contributed by atoms with Crippen molar-refractivity contribution in [2.24, 2.45) is 0 Å². The summed E-state index contributed by atoms with van der Waals surface area (Å²) in [4.78, 5) is 12.5. The first-order valence-electron chi connectivity index (χ1n) is 9.68. The third-order valence-corrected chi connectivity index (χ3v) is 6.02. The highest BCUT2D eigenvalue weighted by molar-refractivity contribution is 9.10. The van der Waals surface area contributed by atoms with E-state index in [4.69, 9.17) is 4.74 Å². The third-order valence-electron chi connectivity index (χ3n) is 4.59. The molecule has 0 unspecified atom stereocenters. The Labute approximate surface area is 189 Å². The van der Waals surface area contributed by atoms with Gasteiger partial charge in [-0.25, -0.2) is 0 Å². The van der Waals surface area contributed by atoms with Crippen LogP contribution in [0, 0.1) is 20.8 Å². The lowest BCUT2D eigenvalue weighted by molar-refractivity contribution is -0.113. The highest BCUT2D eigenvalue weighted by Gasteiger charge is 2.15. The molecule has 158 valence electrons. The van der Waals surface area contributed by atoms with Crippen molar-refractivity contribution in [2.75, 3.05) is 11.1 Å². The molecule has 1 heterocycles. The van der Waals surface area contributed by atoms with Crippen molar-refractivity contribution in [2.45, 2.75) is 46.0 Å². The average molecular weight is 489 g/mol. The molecule has 6 nitrogen and oxygen atoms in total. The summed E-state index contributed by atoms with van der Waals surface area (Å²) in [5, 5.41) is 12.2. The van der Waals surface area contributed by atoms with Crippen LogP contribution in [-0.4, -0.2) is 26.4 Å². The van der Waals surface area contributed by atoms with Gasteiger partial charge in [0, 0.05) is 16.7 Å². The Bertz CT molecular complexity index is 1010. The number of hydrogen-bond donors (Lipinski definition) is 1. The Kier molecular flexibility index (Phi) is 7.55. The van der Waals surface area contributed by atoms with E-state index in [9.17, 15) is 4.79 Å². The van der Waals surface area contributed by atoms with Crippen molar-refractivity contribution >= 4 is 39.3 Å². The highest BCUT2D eigenvalue weighted by Crippen LogP contribution is 2.26. The van der Waals surface area contributed by atoms with Gasteiger partial charge in [-0.2, -0.15) is 0 Å². The molecule has 0 radical (unpaired) electrons. The Morgan fingerprint density at radius 3 is 2.43 bits per heavy atom. The van der Waals surface area contributed by atoms with Crippen LogP contribution in [-0.2, 0) is 17.9 Å². The quantitative estimate of drug-likeness (QED) is 0.435. The SMILES string of the molecule is CCn1c(COc2ccc(C)cc2)nnc1SCC(=O)Nc1c(C)cc(Br)cc1C. The summed E-state index contributed by atoms with van der Waals surface area (Å²) in [6, 6.07) is 11.9. The highest BCUT2D eigenvalue weighted by atomic mass is 79.9. The second-order valence-electron chi connectivity index (χ2n) is 7.00. The minimum absolute atomic E-state index is 0.0726. The molecule has 0 fully saturated rings. The summed E-state index contributed by atoms with van der Waals surface area (Å²) in [6.45, 7) is 9.05. The van der Waals surface area contributed by atoms with Gasteiger partial charge in [0.2, 0.25) is 5.91 Å². The summed E-state index contributed by atoms with van der Waals surface area (Å²) >= 11 is 4.85. The lowest BCUT2D eigenvalue weighted by atomic mass is 10.1. The first-order chi connectivity index (χ1) is 14.4. The van der Waals surface area contributed by atoms with Gasteiger partial charge in [-0.05, 0) is 63.1 Å². The molecule has 0 aliphatic rings. The lowest BCUT2D eigenvalue weighted by Gasteiger charge is -2.12. The van der Waals surface area contributed by atoms with Gasteiger partial charge in [0.25, 0.3) is 0 Å². The van der Waals surface area contributed by atoms with E-state index in [2.05, 4.69) is 31.4 Å².